The number of hydrogen-bond acceptors (Lipinski definition) is 4. The van der Waals surface area contributed by atoms with Gasteiger partial charge in [0.1, 0.15) is 0 Å². The van der Waals surface area contributed by atoms with E-state index >= 15 is 0 Å². The third kappa shape index (κ3) is 1.04. The van der Waals surface area contributed by atoms with E-state index in [0.29, 0.717) is 5.58 Å². The van der Waals surface area contributed by atoms with Crippen molar-refractivity contribution in [2.24, 2.45) is 5.73 Å². The lowest BCUT2D eigenvalue weighted by atomic mass is 10.1. The minimum Gasteiger partial charge on any atom is -0.414 e. The molecule has 0 amide bonds. The highest BCUT2D eigenvalue weighted by molar-refractivity contribution is 7.16. The summed E-state index contributed by atoms with van der Waals surface area (Å²) in [5, 5.41) is 0. The Bertz CT molecular complexity index is 550. The van der Waals surface area contributed by atoms with E-state index in [1.54, 1.807) is 0 Å². The number of fused-ring (bicyclic) bond motifs is 1. The average molecular weight is 207 g/mol. The highest BCUT2D eigenvalue weighted by Gasteiger charge is 2.42. The Morgan fingerprint density at radius 3 is 2.93 bits per heavy atom. The van der Waals surface area contributed by atoms with Gasteiger partial charge in [-0.25, -0.2) is 4.79 Å². The van der Waals surface area contributed by atoms with Crippen LogP contribution >= 0.6 is 11.3 Å². The molecule has 1 aliphatic rings. The summed E-state index contributed by atoms with van der Waals surface area (Å²) in [7, 11) is 0. The Labute approximate surface area is 84.1 Å². The summed E-state index contributed by atoms with van der Waals surface area (Å²) in [5.74, 6) is 0. The lowest BCUT2D eigenvalue weighted by Crippen LogP contribution is -2.18. The molecule has 0 bridgehead atoms. The molecule has 72 valence electrons. The molecule has 0 spiro atoms. The zero-order chi connectivity index (χ0) is 9.76. The fourth-order valence-corrected chi connectivity index (χ4v) is 2.39. The van der Waals surface area contributed by atoms with Gasteiger partial charge in [0.15, 0.2) is 5.58 Å². The fourth-order valence-electron chi connectivity index (χ4n) is 1.69. The van der Waals surface area contributed by atoms with Gasteiger partial charge in [-0.1, -0.05) is 23.5 Å². The van der Waals surface area contributed by atoms with Gasteiger partial charge in [-0.15, -0.1) is 0 Å². The Hall–Kier alpha value is -1.13. The number of hydrogen-bond donors (Lipinski definition) is 1. The molecule has 2 aromatic rings. The second-order valence-corrected chi connectivity index (χ2v) is 4.72. The van der Waals surface area contributed by atoms with Crippen LogP contribution in [-0.2, 0) is 5.54 Å². The maximum absolute atomic E-state index is 11.1. The zero-order valence-corrected chi connectivity index (χ0v) is 8.26. The smallest absolute Gasteiger partial charge is 0.396 e. The van der Waals surface area contributed by atoms with E-state index in [-0.39, 0.29) is 10.5 Å². The summed E-state index contributed by atoms with van der Waals surface area (Å²) in [4.78, 5) is 10.8. The maximum Gasteiger partial charge on any atom is 0.396 e. The standard InChI is InChI=1S/C10H9NO2S/c11-10(4-5-10)6-2-1-3-7-8(6)13-9(12)14-7/h1-3H,4-5,11H2. The first-order chi connectivity index (χ1) is 6.69. The molecule has 1 heterocycles. The first kappa shape index (κ1) is 8.20. The molecule has 0 aliphatic heterocycles. The summed E-state index contributed by atoms with van der Waals surface area (Å²) in [6, 6.07) is 5.77. The SMILES string of the molecule is NC1(c2cccc3sc(=O)oc23)CC1. The molecule has 0 radical (unpaired) electrons. The molecule has 3 nitrogen and oxygen atoms in total. The Balaban J connectivity index is 2.38. The number of rotatable bonds is 1. The summed E-state index contributed by atoms with van der Waals surface area (Å²) >= 11 is 1.13. The first-order valence-electron chi connectivity index (χ1n) is 4.51. The summed E-state index contributed by atoms with van der Waals surface area (Å²) in [6.07, 6.45) is 1.96. The van der Waals surface area contributed by atoms with E-state index in [1.807, 2.05) is 18.2 Å². The summed E-state index contributed by atoms with van der Waals surface area (Å²) in [6.45, 7) is 0. The first-order valence-corrected chi connectivity index (χ1v) is 5.33. The second kappa shape index (κ2) is 2.46. The van der Waals surface area contributed by atoms with Crippen molar-refractivity contribution in [2.75, 3.05) is 0 Å². The Morgan fingerprint density at radius 2 is 2.21 bits per heavy atom. The van der Waals surface area contributed by atoms with Gasteiger partial charge in [-0.3, -0.25) is 0 Å². The van der Waals surface area contributed by atoms with Gasteiger partial charge in [0, 0.05) is 11.1 Å². The second-order valence-electron chi connectivity index (χ2n) is 3.74. The van der Waals surface area contributed by atoms with E-state index in [0.717, 1.165) is 34.4 Å². The third-order valence-electron chi connectivity index (χ3n) is 2.68. The van der Waals surface area contributed by atoms with Crippen molar-refractivity contribution in [1.82, 2.24) is 0 Å². The molecule has 0 unspecified atom stereocenters. The van der Waals surface area contributed by atoms with Crippen molar-refractivity contribution in [2.45, 2.75) is 18.4 Å². The van der Waals surface area contributed by atoms with Crippen LogP contribution in [0.3, 0.4) is 0 Å². The van der Waals surface area contributed by atoms with Crippen molar-refractivity contribution in [3.8, 4) is 0 Å². The van der Waals surface area contributed by atoms with E-state index in [4.69, 9.17) is 10.2 Å². The van der Waals surface area contributed by atoms with Gasteiger partial charge in [-0.2, -0.15) is 0 Å². The van der Waals surface area contributed by atoms with Crippen LogP contribution < -0.4 is 10.7 Å². The molecular formula is C10H9NO2S. The molecule has 1 aromatic heterocycles. The van der Waals surface area contributed by atoms with Crippen molar-refractivity contribution in [3.05, 3.63) is 33.5 Å². The van der Waals surface area contributed by atoms with E-state index in [9.17, 15) is 4.79 Å². The highest BCUT2D eigenvalue weighted by Crippen LogP contribution is 2.45. The van der Waals surface area contributed by atoms with E-state index in [2.05, 4.69) is 0 Å². The van der Waals surface area contributed by atoms with Crippen molar-refractivity contribution in [1.29, 1.82) is 0 Å². The van der Waals surface area contributed by atoms with Crippen LogP contribution in [0, 0.1) is 0 Å². The predicted octanol–water partition coefficient (Wildman–Crippen LogP) is 1.80. The van der Waals surface area contributed by atoms with E-state index in [1.165, 1.54) is 0 Å². The molecule has 1 saturated carbocycles. The topological polar surface area (TPSA) is 56.2 Å². The quantitative estimate of drug-likeness (QED) is 0.775. The van der Waals surface area contributed by atoms with Crippen LogP contribution in [0.1, 0.15) is 18.4 Å². The molecule has 1 aliphatic carbocycles. The highest BCUT2D eigenvalue weighted by atomic mass is 32.1. The lowest BCUT2D eigenvalue weighted by Gasteiger charge is -2.07. The molecule has 1 aromatic carbocycles. The number of para-hydroxylation sites is 1. The minimum atomic E-state index is -0.253. The number of benzene rings is 1. The third-order valence-corrected chi connectivity index (χ3v) is 3.47. The van der Waals surface area contributed by atoms with Gasteiger partial charge in [-0.05, 0) is 18.9 Å². The number of nitrogens with two attached hydrogens (primary N) is 1. The Kier molecular flexibility index (Phi) is 1.44. The maximum atomic E-state index is 11.1. The summed E-state index contributed by atoms with van der Waals surface area (Å²) < 4.78 is 6.04. The van der Waals surface area contributed by atoms with Gasteiger partial charge < -0.3 is 10.2 Å². The molecular weight excluding hydrogens is 198 g/mol. The Morgan fingerprint density at radius 1 is 1.43 bits per heavy atom. The van der Waals surface area contributed by atoms with Crippen molar-refractivity contribution >= 4 is 21.6 Å². The van der Waals surface area contributed by atoms with Gasteiger partial charge in [0.25, 0.3) is 0 Å². The molecule has 1 fully saturated rings. The van der Waals surface area contributed by atoms with Gasteiger partial charge >= 0.3 is 4.94 Å². The summed E-state index contributed by atoms with van der Waals surface area (Å²) in [5.41, 5.74) is 7.51. The molecule has 2 N–H and O–H groups in total. The van der Waals surface area contributed by atoms with Crippen LogP contribution in [0.15, 0.2) is 27.4 Å². The molecule has 0 atom stereocenters. The van der Waals surface area contributed by atoms with Crippen molar-refractivity contribution < 1.29 is 4.42 Å². The minimum absolute atomic E-state index is 0.240. The normalized spacial score (nSPS) is 18.6. The lowest BCUT2D eigenvalue weighted by molar-refractivity contribution is 0.572. The molecule has 4 heteroatoms. The van der Waals surface area contributed by atoms with Crippen LogP contribution in [0.4, 0.5) is 0 Å². The molecule has 3 rings (SSSR count). The van der Waals surface area contributed by atoms with Crippen LogP contribution in [0.2, 0.25) is 0 Å². The van der Waals surface area contributed by atoms with E-state index < -0.39 is 0 Å². The van der Waals surface area contributed by atoms with Gasteiger partial charge in [0.2, 0.25) is 0 Å². The van der Waals surface area contributed by atoms with Crippen LogP contribution in [0.25, 0.3) is 10.3 Å². The monoisotopic (exact) mass is 207 g/mol. The van der Waals surface area contributed by atoms with Crippen LogP contribution in [0.5, 0.6) is 0 Å². The predicted molar refractivity (Wildman–Crippen MR) is 55.5 cm³/mol. The van der Waals surface area contributed by atoms with Crippen molar-refractivity contribution in [3.63, 3.8) is 0 Å². The zero-order valence-electron chi connectivity index (χ0n) is 7.45. The molecule has 0 saturated heterocycles. The van der Waals surface area contributed by atoms with Crippen LogP contribution in [-0.4, -0.2) is 0 Å². The largest absolute Gasteiger partial charge is 0.414 e. The fraction of sp³-hybridized carbons (Fsp3) is 0.300. The molecule has 14 heavy (non-hydrogen) atoms. The van der Waals surface area contributed by atoms with Gasteiger partial charge in [0.05, 0.1) is 4.70 Å². The average Bonchev–Trinajstić information content (AvgIpc) is 2.78.